The number of hydrogen-bond donors (Lipinski definition) is 2. The summed E-state index contributed by atoms with van der Waals surface area (Å²) >= 11 is 0. The van der Waals surface area contributed by atoms with E-state index in [0.29, 0.717) is 31.6 Å². The molecule has 4 nitrogen and oxygen atoms in total. The van der Waals surface area contributed by atoms with Crippen molar-refractivity contribution in [2.24, 2.45) is 5.73 Å². The SMILES string of the molecule is CN(C)Cc1cc(CNC(=O)CCCCCCN)ccc1F. The Morgan fingerprint density at radius 2 is 1.95 bits per heavy atom. The molecule has 1 amide bonds. The minimum atomic E-state index is -0.205. The number of nitrogens with two attached hydrogens (primary N) is 1. The Morgan fingerprint density at radius 3 is 2.64 bits per heavy atom. The van der Waals surface area contributed by atoms with Crippen molar-refractivity contribution in [3.8, 4) is 0 Å². The van der Waals surface area contributed by atoms with E-state index in [1.54, 1.807) is 6.07 Å². The van der Waals surface area contributed by atoms with Gasteiger partial charge < -0.3 is 16.0 Å². The summed E-state index contributed by atoms with van der Waals surface area (Å²) in [5.74, 6) is -0.157. The van der Waals surface area contributed by atoms with Gasteiger partial charge in [0.1, 0.15) is 5.82 Å². The Hall–Kier alpha value is -1.46. The number of rotatable bonds is 10. The van der Waals surface area contributed by atoms with Crippen molar-refractivity contribution in [3.63, 3.8) is 0 Å². The van der Waals surface area contributed by atoms with Gasteiger partial charge in [0.25, 0.3) is 0 Å². The largest absolute Gasteiger partial charge is 0.352 e. The van der Waals surface area contributed by atoms with Gasteiger partial charge in [-0.25, -0.2) is 4.39 Å². The lowest BCUT2D eigenvalue weighted by Crippen LogP contribution is -2.22. The van der Waals surface area contributed by atoms with Crippen LogP contribution in [0.15, 0.2) is 18.2 Å². The average Bonchev–Trinajstić information content (AvgIpc) is 2.47. The van der Waals surface area contributed by atoms with Gasteiger partial charge >= 0.3 is 0 Å². The summed E-state index contributed by atoms with van der Waals surface area (Å²) in [5.41, 5.74) is 7.00. The van der Waals surface area contributed by atoms with E-state index >= 15 is 0 Å². The monoisotopic (exact) mass is 309 g/mol. The van der Waals surface area contributed by atoms with Gasteiger partial charge in [-0.15, -0.1) is 0 Å². The molecule has 0 saturated carbocycles. The zero-order chi connectivity index (χ0) is 16.4. The van der Waals surface area contributed by atoms with Gasteiger partial charge in [0.2, 0.25) is 5.91 Å². The second-order valence-corrected chi connectivity index (χ2v) is 5.89. The lowest BCUT2D eigenvalue weighted by molar-refractivity contribution is -0.121. The standard InChI is InChI=1S/C17H28FN3O/c1-21(2)13-15-11-14(8-9-16(15)18)12-20-17(22)7-5-3-4-6-10-19/h8-9,11H,3-7,10,12-13,19H2,1-2H3,(H,20,22). The fourth-order valence-electron chi connectivity index (χ4n) is 2.27. The summed E-state index contributed by atoms with van der Waals surface area (Å²) in [6, 6.07) is 5.00. The van der Waals surface area contributed by atoms with Crippen LogP contribution in [0.5, 0.6) is 0 Å². The molecule has 0 radical (unpaired) electrons. The molecule has 0 aliphatic rings. The van der Waals surface area contributed by atoms with E-state index in [1.165, 1.54) is 6.07 Å². The van der Waals surface area contributed by atoms with Gasteiger partial charge in [-0.05, 0) is 51.2 Å². The maximum absolute atomic E-state index is 13.7. The van der Waals surface area contributed by atoms with E-state index in [1.807, 2.05) is 25.1 Å². The molecule has 22 heavy (non-hydrogen) atoms. The second kappa shape index (κ2) is 10.3. The smallest absolute Gasteiger partial charge is 0.220 e. The molecule has 124 valence electrons. The van der Waals surface area contributed by atoms with Gasteiger partial charge in [0.15, 0.2) is 0 Å². The zero-order valence-electron chi connectivity index (χ0n) is 13.7. The third-order valence-corrected chi connectivity index (χ3v) is 3.44. The first kappa shape index (κ1) is 18.6. The summed E-state index contributed by atoms with van der Waals surface area (Å²) < 4.78 is 13.7. The van der Waals surface area contributed by atoms with Crippen LogP contribution < -0.4 is 11.1 Å². The number of benzene rings is 1. The molecule has 0 saturated heterocycles. The summed E-state index contributed by atoms with van der Waals surface area (Å²) in [4.78, 5) is 13.7. The number of nitrogens with zero attached hydrogens (tertiary/aromatic N) is 1. The number of unbranched alkanes of at least 4 members (excludes halogenated alkanes) is 3. The molecule has 0 aromatic heterocycles. The molecule has 3 N–H and O–H groups in total. The Kier molecular flexibility index (Phi) is 8.70. The predicted molar refractivity (Wildman–Crippen MR) is 87.8 cm³/mol. The zero-order valence-corrected chi connectivity index (χ0v) is 13.7. The topological polar surface area (TPSA) is 58.4 Å². The second-order valence-electron chi connectivity index (χ2n) is 5.89. The Bertz CT molecular complexity index is 463. The van der Waals surface area contributed by atoms with Crippen LogP contribution in [0.2, 0.25) is 0 Å². The lowest BCUT2D eigenvalue weighted by atomic mass is 10.1. The number of hydrogen-bond acceptors (Lipinski definition) is 3. The quantitative estimate of drug-likeness (QED) is 0.653. The first-order chi connectivity index (χ1) is 10.5. The molecule has 0 heterocycles. The highest BCUT2D eigenvalue weighted by atomic mass is 19.1. The van der Waals surface area contributed by atoms with Crippen molar-refractivity contribution < 1.29 is 9.18 Å². The van der Waals surface area contributed by atoms with E-state index in [9.17, 15) is 9.18 Å². The van der Waals surface area contributed by atoms with E-state index < -0.39 is 0 Å². The van der Waals surface area contributed by atoms with Crippen LogP contribution in [0.1, 0.15) is 43.2 Å². The third-order valence-electron chi connectivity index (χ3n) is 3.44. The predicted octanol–water partition coefficient (Wildman–Crippen LogP) is 2.41. The summed E-state index contributed by atoms with van der Waals surface area (Å²) in [6.07, 6.45) is 4.56. The summed E-state index contributed by atoms with van der Waals surface area (Å²) in [7, 11) is 3.80. The van der Waals surface area contributed by atoms with Crippen LogP contribution in [0, 0.1) is 5.82 Å². The van der Waals surface area contributed by atoms with Gasteiger partial charge in [0.05, 0.1) is 0 Å². The van der Waals surface area contributed by atoms with Gasteiger partial charge in [-0.3, -0.25) is 4.79 Å². The molecule has 0 aliphatic carbocycles. The number of amides is 1. The van der Waals surface area contributed by atoms with Crippen molar-refractivity contribution in [2.45, 2.75) is 45.2 Å². The van der Waals surface area contributed by atoms with Crippen molar-refractivity contribution in [3.05, 3.63) is 35.1 Å². The average molecular weight is 309 g/mol. The minimum absolute atomic E-state index is 0.0474. The van der Waals surface area contributed by atoms with Gasteiger partial charge in [-0.2, -0.15) is 0 Å². The molecule has 0 fully saturated rings. The number of carbonyl (C=O) groups excluding carboxylic acids is 1. The molecule has 1 aromatic carbocycles. The highest BCUT2D eigenvalue weighted by molar-refractivity contribution is 5.75. The lowest BCUT2D eigenvalue weighted by Gasteiger charge is -2.12. The Morgan fingerprint density at radius 1 is 1.23 bits per heavy atom. The van der Waals surface area contributed by atoms with Crippen LogP contribution >= 0.6 is 0 Å². The van der Waals surface area contributed by atoms with Crippen LogP contribution in [0.4, 0.5) is 4.39 Å². The number of nitrogens with one attached hydrogen (secondary N) is 1. The molecular formula is C17H28FN3O. The molecule has 0 bridgehead atoms. The number of halogens is 1. The van der Waals surface area contributed by atoms with E-state index in [4.69, 9.17) is 5.73 Å². The minimum Gasteiger partial charge on any atom is -0.352 e. The van der Waals surface area contributed by atoms with Crippen LogP contribution in [0.3, 0.4) is 0 Å². The molecule has 1 aromatic rings. The van der Waals surface area contributed by atoms with Gasteiger partial charge in [0, 0.05) is 25.1 Å². The maximum Gasteiger partial charge on any atom is 0.220 e. The van der Waals surface area contributed by atoms with E-state index in [0.717, 1.165) is 31.2 Å². The fourth-order valence-corrected chi connectivity index (χ4v) is 2.27. The van der Waals surface area contributed by atoms with Gasteiger partial charge in [-0.1, -0.05) is 18.9 Å². The third kappa shape index (κ3) is 7.52. The van der Waals surface area contributed by atoms with Crippen molar-refractivity contribution in [2.75, 3.05) is 20.6 Å². The molecular weight excluding hydrogens is 281 g/mol. The molecule has 1 rings (SSSR count). The Labute approximate surface area is 132 Å². The molecule has 0 spiro atoms. The molecule has 0 atom stereocenters. The summed E-state index contributed by atoms with van der Waals surface area (Å²) in [5, 5.41) is 2.89. The fraction of sp³-hybridized carbons (Fsp3) is 0.588. The van der Waals surface area contributed by atoms with E-state index in [-0.39, 0.29) is 11.7 Å². The van der Waals surface area contributed by atoms with Crippen LogP contribution in [0.25, 0.3) is 0 Å². The Balaban J connectivity index is 2.36. The first-order valence-electron chi connectivity index (χ1n) is 7.91. The van der Waals surface area contributed by atoms with Crippen molar-refractivity contribution in [1.29, 1.82) is 0 Å². The van der Waals surface area contributed by atoms with Crippen LogP contribution in [-0.4, -0.2) is 31.4 Å². The molecule has 0 unspecified atom stereocenters. The normalized spacial score (nSPS) is 11.0. The maximum atomic E-state index is 13.7. The first-order valence-corrected chi connectivity index (χ1v) is 7.91. The summed E-state index contributed by atoms with van der Waals surface area (Å²) in [6.45, 7) is 1.71. The van der Waals surface area contributed by atoms with Crippen molar-refractivity contribution >= 4 is 5.91 Å². The van der Waals surface area contributed by atoms with Crippen molar-refractivity contribution in [1.82, 2.24) is 10.2 Å². The highest BCUT2D eigenvalue weighted by Gasteiger charge is 2.06. The highest BCUT2D eigenvalue weighted by Crippen LogP contribution is 2.12. The molecule has 0 aliphatic heterocycles. The van der Waals surface area contributed by atoms with E-state index in [2.05, 4.69) is 5.32 Å². The number of carbonyl (C=O) groups is 1. The van der Waals surface area contributed by atoms with Crippen LogP contribution in [-0.2, 0) is 17.9 Å². The molecule has 5 heteroatoms.